The van der Waals surface area contributed by atoms with E-state index in [2.05, 4.69) is 19.2 Å². The van der Waals surface area contributed by atoms with E-state index in [1.807, 2.05) is 6.92 Å². The van der Waals surface area contributed by atoms with Gasteiger partial charge in [-0.1, -0.05) is 13.8 Å². The van der Waals surface area contributed by atoms with Gasteiger partial charge in [0, 0.05) is 6.54 Å². The van der Waals surface area contributed by atoms with Gasteiger partial charge in [0.25, 0.3) is 0 Å². The Balaban J connectivity index is 2.08. The van der Waals surface area contributed by atoms with Crippen LogP contribution in [0.25, 0.3) is 0 Å². The average molecular weight is 185 g/mol. The molecule has 0 heterocycles. The fourth-order valence-corrected chi connectivity index (χ4v) is 1.82. The Hall–Kier alpha value is -0.0800. The second-order valence-corrected chi connectivity index (χ2v) is 5.17. The molecule has 13 heavy (non-hydrogen) atoms. The molecule has 0 radical (unpaired) electrons. The van der Waals surface area contributed by atoms with Crippen LogP contribution in [0.5, 0.6) is 0 Å². The molecular formula is C11H23NO. The third kappa shape index (κ3) is 5.27. The molecule has 1 unspecified atom stereocenters. The van der Waals surface area contributed by atoms with E-state index in [0.29, 0.717) is 5.92 Å². The molecule has 1 aliphatic carbocycles. The molecule has 1 fully saturated rings. The van der Waals surface area contributed by atoms with E-state index in [1.165, 1.54) is 12.8 Å². The molecule has 0 spiro atoms. The van der Waals surface area contributed by atoms with Crippen LogP contribution in [0, 0.1) is 11.8 Å². The van der Waals surface area contributed by atoms with Crippen LogP contribution in [0.3, 0.4) is 0 Å². The zero-order chi connectivity index (χ0) is 9.90. The molecule has 2 nitrogen and oxygen atoms in total. The Bertz CT molecular complexity index is 150. The molecule has 0 bridgehead atoms. The first-order valence-corrected chi connectivity index (χ1v) is 5.43. The molecule has 0 aromatic carbocycles. The van der Waals surface area contributed by atoms with E-state index in [0.717, 1.165) is 25.4 Å². The van der Waals surface area contributed by atoms with E-state index >= 15 is 0 Å². The lowest BCUT2D eigenvalue weighted by Crippen LogP contribution is -2.39. The molecule has 2 N–H and O–H groups in total. The fourth-order valence-electron chi connectivity index (χ4n) is 1.82. The van der Waals surface area contributed by atoms with Crippen molar-refractivity contribution in [2.75, 3.05) is 13.1 Å². The predicted octanol–water partition coefficient (Wildman–Crippen LogP) is 1.78. The van der Waals surface area contributed by atoms with Crippen molar-refractivity contribution >= 4 is 0 Å². The van der Waals surface area contributed by atoms with Crippen LogP contribution in [0.4, 0.5) is 0 Å². The van der Waals surface area contributed by atoms with Crippen molar-refractivity contribution < 1.29 is 5.11 Å². The van der Waals surface area contributed by atoms with Crippen molar-refractivity contribution in [2.24, 2.45) is 11.8 Å². The van der Waals surface area contributed by atoms with Gasteiger partial charge in [0.15, 0.2) is 0 Å². The van der Waals surface area contributed by atoms with Crippen LogP contribution >= 0.6 is 0 Å². The highest BCUT2D eigenvalue weighted by atomic mass is 16.3. The summed E-state index contributed by atoms with van der Waals surface area (Å²) in [6, 6.07) is 0. The third-order valence-corrected chi connectivity index (χ3v) is 2.48. The summed E-state index contributed by atoms with van der Waals surface area (Å²) in [7, 11) is 0. The quantitative estimate of drug-likeness (QED) is 0.661. The summed E-state index contributed by atoms with van der Waals surface area (Å²) in [4.78, 5) is 0. The molecule has 0 saturated heterocycles. The molecule has 0 aliphatic heterocycles. The van der Waals surface area contributed by atoms with Crippen molar-refractivity contribution in [1.82, 2.24) is 5.32 Å². The average Bonchev–Trinajstić information content (AvgIpc) is 2.67. The summed E-state index contributed by atoms with van der Waals surface area (Å²) in [5.74, 6) is 1.47. The van der Waals surface area contributed by atoms with Gasteiger partial charge in [-0.3, -0.25) is 0 Å². The van der Waals surface area contributed by atoms with Gasteiger partial charge in [0.2, 0.25) is 0 Å². The monoisotopic (exact) mass is 185 g/mol. The maximum atomic E-state index is 9.96. The van der Waals surface area contributed by atoms with E-state index in [1.54, 1.807) is 0 Å². The largest absolute Gasteiger partial charge is 0.389 e. The van der Waals surface area contributed by atoms with Gasteiger partial charge in [-0.15, -0.1) is 0 Å². The molecule has 1 aliphatic rings. The van der Waals surface area contributed by atoms with Crippen molar-refractivity contribution in [3.63, 3.8) is 0 Å². The summed E-state index contributed by atoms with van der Waals surface area (Å²) >= 11 is 0. The van der Waals surface area contributed by atoms with Crippen LogP contribution in [0.1, 0.15) is 40.0 Å². The molecule has 1 atom stereocenters. The lowest BCUT2D eigenvalue weighted by Gasteiger charge is -2.25. The minimum atomic E-state index is -0.525. The highest BCUT2D eigenvalue weighted by Crippen LogP contribution is 2.27. The van der Waals surface area contributed by atoms with E-state index in [9.17, 15) is 5.11 Å². The molecule has 1 saturated carbocycles. The molecule has 78 valence electrons. The lowest BCUT2D eigenvalue weighted by molar-refractivity contribution is 0.0385. The molecule has 2 heteroatoms. The van der Waals surface area contributed by atoms with Crippen molar-refractivity contribution in [2.45, 2.75) is 45.6 Å². The Labute approximate surface area is 81.7 Å². The minimum Gasteiger partial charge on any atom is -0.389 e. The molecule has 1 rings (SSSR count). The second kappa shape index (κ2) is 4.43. The number of aliphatic hydroxyl groups is 1. The predicted molar refractivity (Wildman–Crippen MR) is 55.7 cm³/mol. The maximum Gasteiger partial charge on any atom is 0.0746 e. The number of rotatable bonds is 6. The summed E-state index contributed by atoms with van der Waals surface area (Å²) in [6.45, 7) is 8.05. The standard InChI is InChI=1S/C11H23NO/c1-9(2)6-11(3,13)8-12-7-10-4-5-10/h9-10,12-13H,4-8H2,1-3H3. The van der Waals surface area contributed by atoms with Crippen LogP contribution in [-0.2, 0) is 0 Å². The highest BCUT2D eigenvalue weighted by Gasteiger charge is 2.24. The van der Waals surface area contributed by atoms with E-state index in [-0.39, 0.29) is 0 Å². The normalized spacial score (nSPS) is 21.9. The smallest absolute Gasteiger partial charge is 0.0746 e. The number of hydrogen-bond acceptors (Lipinski definition) is 2. The summed E-state index contributed by atoms with van der Waals surface area (Å²) in [5.41, 5.74) is -0.525. The zero-order valence-electron chi connectivity index (χ0n) is 9.14. The zero-order valence-corrected chi connectivity index (χ0v) is 9.14. The number of nitrogens with one attached hydrogen (secondary N) is 1. The van der Waals surface area contributed by atoms with Gasteiger partial charge < -0.3 is 10.4 Å². The second-order valence-electron chi connectivity index (χ2n) is 5.17. The van der Waals surface area contributed by atoms with E-state index < -0.39 is 5.60 Å². The van der Waals surface area contributed by atoms with Crippen LogP contribution < -0.4 is 5.32 Å². The van der Waals surface area contributed by atoms with Crippen LogP contribution in [0.2, 0.25) is 0 Å². The SMILES string of the molecule is CC(C)CC(C)(O)CNCC1CC1. The Morgan fingerprint density at radius 1 is 1.46 bits per heavy atom. The Kier molecular flexibility index (Phi) is 3.74. The van der Waals surface area contributed by atoms with Gasteiger partial charge in [0.1, 0.15) is 0 Å². The van der Waals surface area contributed by atoms with Crippen LogP contribution in [0.15, 0.2) is 0 Å². The minimum absolute atomic E-state index is 0.525. The first-order valence-electron chi connectivity index (χ1n) is 5.43. The fraction of sp³-hybridized carbons (Fsp3) is 1.00. The summed E-state index contributed by atoms with van der Waals surface area (Å²) in [5, 5.41) is 13.3. The highest BCUT2D eigenvalue weighted by molar-refractivity contribution is 4.80. The van der Waals surface area contributed by atoms with Gasteiger partial charge in [-0.25, -0.2) is 0 Å². The van der Waals surface area contributed by atoms with Crippen molar-refractivity contribution in [1.29, 1.82) is 0 Å². The Morgan fingerprint density at radius 3 is 2.54 bits per heavy atom. The lowest BCUT2D eigenvalue weighted by atomic mass is 9.94. The van der Waals surface area contributed by atoms with Crippen molar-refractivity contribution in [3.05, 3.63) is 0 Å². The maximum absolute atomic E-state index is 9.96. The first-order chi connectivity index (χ1) is 5.99. The summed E-state index contributed by atoms with van der Waals surface area (Å²) < 4.78 is 0. The molecule has 0 aromatic rings. The Morgan fingerprint density at radius 2 is 2.08 bits per heavy atom. The number of hydrogen-bond donors (Lipinski definition) is 2. The molecular weight excluding hydrogens is 162 g/mol. The van der Waals surface area contributed by atoms with Gasteiger partial charge in [-0.05, 0) is 44.6 Å². The molecule has 0 aromatic heterocycles. The first kappa shape index (κ1) is 11.0. The van der Waals surface area contributed by atoms with Gasteiger partial charge in [-0.2, -0.15) is 0 Å². The van der Waals surface area contributed by atoms with Gasteiger partial charge in [0.05, 0.1) is 5.60 Å². The van der Waals surface area contributed by atoms with Crippen molar-refractivity contribution in [3.8, 4) is 0 Å². The topological polar surface area (TPSA) is 32.3 Å². The summed E-state index contributed by atoms with van der Waals surface area (Å²) in [6.07, 6.45) is 3.63. The van der Waals surface area contributed by atoms with E-state index in [4.69, 9.17) is 0 Å². The van der Waals surface area contributed by atoms with Gasteiger partial charge >= 0.3 is 0 Å². The third-order valence-electron chi connectivity index (χ3n) is 2.48. The van der Waals surface area contributed by atoms with Crippen LogP contribution in [-0.4, -0.2) is 23.8 Å². The molecule has 0 amide bonds.